The molecule has 0 aliphatic carbocycles. The fraction of sp³-hybridized carbons (Fsp3) is 0.174. The Morgan fingerprint density at radius 2 is 1.94 bits per heavy atom. The SMILES string of the molecule is O=C(CSc1nnc(-c2cccnc2)n1Cc1ccco1)NC(=O)Nc1ccc2c(c1)OCCO2. The van der Waals surface area contributed by atoms with E-state index in [2.05, 4.69) is 25.8 Å². The summed E-state index contributed by atoms with van der Waals surface area (Å²) in [5, 5.41) is 13.9. The van der Waals surface area contributed by atoms with E-state index in [1.165, 1.54) is 0 Å². The number of anilines is 1. The van der Waals surface area contributed by atoms with E-state index in [1.807, 2.05) is 22.8 Å². The largest absolute Gasteiger partial charge is 0.486 e. The summed E-state index contributed by atoms with van der Waals surface area (Å²) in [6.07, 6.45) is 4.95. The molecule has 0 spiro atoms. The smallest absolute Gasteiger partial charge is 0.325 e. The van der Waals surface area contributed by atoms with E-state index in [4.69, 9.17) is 13.9 Å². The number of imide groups is 1. The van der Waals surface area contributed by atoms with E-state index in [9.17, 15) is 9.59 Å². The molecule has 1 aromatic carbocycles. The number of thioether (sulfide) groups is 1. The molecule has 0 saturated heterocycles. The first-order valence-electron chi connectivity index (χ1n) is 10.6. The number of fused-ring (bicyclic) bond motifs is 1. The number of benzene rings is 1. The van der Waals surface area contributed by atoms with Crippen molar-refractivity contribution < 1.29 is 23.5 Å². The lowest BCUT2D eigenvalue weighted by Crippen LogP contribution is -2.35. The molecule has 1 aliphatic heterocycles. The monoisotopic (exact) mass is 492 g/mol. The van der Waals surface area contributed by atoms with Crippen molar-refractivity contribution in [3.05, 3.63) is 66.9 Å². The predicted octanol–water partition coefficient (Wildman–Crippen LogP) is 3.19. The van der Waals surface area contributed by atoms with Crippen molar-refractivity contribution in [2.24, 2.45) is 0 Å². The van der Waals surface area contributed by atoms with Crippen molar-refractivity contribution in [1.82, 2.24) is 25.1 Å². The number of nitrogens with zero attached hydrogens (tertiary/aromatic N) is 4. The van der Waals surface area contributed by atoms with Crippen LogP contribution in [0.5, 0.6) is 11.5 Å². The Kier molecular flexibility index (Phi) is 6.61. The highest BCUT2D eigenvalue weighted by Gasteiger charge is 2.18. The molecule has 4 heterocycles. The number of rotatable bonds is 7. The normalized spacial score (nSPS) is 12.2. The van der Waals surface area contributed by atoms with Gasteiger partial charge in [0, 0.05) is 29.7 Å². The van der Waals surface area contributed by atoms with E-state index in [0.29, 0.717) is 53.7 Å². The van der Waals surface area contributed by atoms with Crippen LogP contribution in [0.1, 0.15) is 5.76 Å². The summed E-state index contributed by atoms with van der Waals surface area (Å²) in [5.41, 5.74) is 1.26. The molecule has 3 amide bonds. The maximum Gasteiger partial charge on any atom is 0.325 e. The van der Waals surface area contributed by atoms with E-state index in [0.717, 1.165) is 17.3 Å². The third-order valence-electron chi connectivity index (χ3n) is 4.92. The number of hydrogen-bond acceptors (Lipinski definition) is 9. The Labute approximate surface area is 203 Å². The van der Waals surface area contributed by atoms with Crippen LogP contribution in [0.4, 0.5) is 10.5 Å². The number of aromatic nitrogens is 4. The minimum Gasteiger partial charge on any atom is -0.486 e. The van der Waals surface area contributed by atoms with Gasteiger partial charge in [-0.15, -0.1) is 10.2 Å². The summed E-state index contributed by atoms with van der Waals surface area (Å²) in [5.74, 6) is 1.92. The lowest BCUT2D eigenvalue weighted by molar-refractivity contribution is -0.117. The Bertz CT molecular complexity index is 1330. The first-order valence-corrected chi connectivity index (χ1v) is 11.6. The summed E-state index contributed by atoms with van der Waals surface area (Å²) in [4.78, 5) is 28.9. The Hall–Kier alpha value is -4.32. The lowest BCUT2D eigenvalue weighted by atomic mass is 10.2. The zero-order chi connectivity index (χ0) is 24.0. The van der Waals surface area contributed by atoms with Crippen molar-refractivity contribution in [1.29, 1.82) is 0 Å². The number of amides is 3. The molecule has 178 valence electrons. The Morgan fingerprint density at radius 1 is 1.06 bits per heavy atom. The van der Waals surface area contributed by atoms with Crippen molar-refractivity contribution in [2.75, 3.05) is 24.3 Å². The Balaban J connectivity index is 1.22. The third kappa shape index (κ3) is 5.44. The second-order valence-electron chi connectivity index (χ2n) is 7.36. The molecular weight excluding hydrogens is 472 g/mol. The van der Waals surface area contributed by atoms with Crippen LogP contribution in [0.25, 0.3) is 11.4 Å². The molecule has 0 unspecified atom stereocenters. The van der Waals surface area contributed by atoms with E-state index < -0.39 is 11.9 Å². The molecule has 0 saturated carbocycles. The Morgan fingerprint density at radius 3 is 2.74 bits per heavy atom. The minimum absolute atomic E-state index is 0.0438. The molecule has 3 aromatic heterocycles. The van der Waals surface area contributed by atoms with Gasteiger partial charge in [-0.3, -0.25) is 19.7 Å². The summed E-state index contributed by atoms with van der Waals surface area (Å²) in [6.45, 7) is 1.29. The highest BCUT2D eigenvalue weighted by atomic mass is 32.2. The molecule has 1 aliphatic rings. The highest BCUT2D eigenvalue weighted by molar-refractivity contribution is 7.99. The minimum atomic E-state index is -0.652. The zero-order valence-corrected chi connectivity index (χ0v) is 19.2. The van der Waals surface area contributed by atoms with Crippen LogP contribution in [-0.2, 0) is 11.3 Å². The van der Waals surface area contributed by atoms with Gasteiger partial charge in [0.05, 0.1) is 18.6 Å². The van der Waals surface area contributed by atoms with Crippen LogP contribution in [0, 0.1) is 0 Å². The molecule has 4 aromatic rings. The molecule has 12 heteroatoms. The van der Waals surface area contributed by atoms with Crippen LogP contribution in [0.2, 0.25) is 0 Å². The van der Waals surface area contributed by atoms with Crippen molar-refractivity contribution in [3.63, 3.8) is 0 Å². The topological polar surface area (TPSA) is 133 Å². The standard InChI is InChI=1S/C23H20N6O5S/c30-20(26-22(31)25-16-5-6-18-19(11-16)34-10-9-33-18)14-35-23-28-27-21(15-3-1-7-24-12-15)29(23)13-17-4-2-8-32-17/h1-8,11-12H,9-10,13-14H2,(H2,25,26,30,31). The van der Waals surface area contributed by atoms with E-state index in [-0.39, 0.29) is 5.75 Å². The molecule has 0 bridgehead atoms. The summed E-state index contributed by atoms with van der Waals surface area (Å²) in [6, 6.07) is 11.7. The van der Waals surface area contributed by atoms with Gasteiger partial charge in [0.1, 0.15) is 19.0 Å². The van der Waals surface area contributed by atoms with E-state index in [1.54, 1.807) is 42.9 Å². The number of carbonyl (C=O) groups is 2. The van der Waals surface area contributed by atoms with Gasteiger partial charge in [0.25, 0.3) is 0 Å². The second-order valence-corrected chi connectivity index (χ2v) is 8.31. The number of ether oxygens (including phenoxy) is 2. The molecule has 5 rings (SSSR count). The van der Waals surface area contributed by atoms with Gasteiger partial charge >= 0.3 is 6.03 Å². The van der Waals surface area contributed by atoms with Gasteiger partial charge in [-0.05, 0) is 36.4 Å². The molecular formula is C23H20N6O5S. The first kappa shape index (κ1) is 22.5. The van der Waals surface area contributed by atoms with E-state index >= 15 is 0 Å². The number of urea groups is 1. The molecule has 0 atom stereocenters. The van der Waals surface area contributed by atoms with Gasteiger partial charge < -0.3 is 19.2 Å². The van der Waals surface area contributed by atoms with Crippen LogP contribution in [-0.4, -0.2) is 50.7 Å². The average Bonchev–Trinajstić information content (AvgIpc) is 3.53. The van der Waals surface area contributed by atoms with Gasteiger partial charge in [-0.25, -0.2) is 4.79 Å². The molecule has 0 fully saturated rings. The van der Waals surface area contributed by atoms with Gasteiger partial charge in [-0.2, -0.15) is 0 Å². The number of nitrogens with one attached hydrogen (secondary N) is 2. The van der Waals surface area contributed by atoms with Crippen LogP contribution < -0.4 is 20.1 Å². The molecule has 35 heavy (non-hydrogen) atoms. The fourth-order valence-electron chi connectivity index (χ4n) is 3.38. The number of pyridine rings is 1. The maximum absolute atomic E-state index is 12.4. The molecule has 2 N–H and O–H groups in total. The summed E-state index contributed by atoms with van der Waals surface area (Å²) in [7, 11) is 0. The summed E-state index contributed by atoms with van der Waals surface area (Å²) < 4.78 is 18.3. The second kappa shape index (κ2) is 10.3. The average molecular weight is 493 g/mol. The van der Waals surface area contributed by atoms with Gasteiger partial charge in [0.15, 0.2) is 22.5 Å². The molecule has 11 nitrogen and oxygen atoms in total. The number of hydrogen-bond donors (Lipinski definition) is 2. The molecule has 0 radical (unpaired) electrons. The third-order valence-corrected chi connectivity index (χ3v) is 5.88. The number of furan rings is 1. The van der Waals surface area contributed by atoms with Crippen LogP contribution in [0.15, 0.2) is 70.7 Å². The van der Waals surface area contributed by atoms with Crippen molar-refractivity contribution >= 4 is 29.4 Å². The lowest BCUT2D eigenvalue weighted by Gasteiger charge is -2.19. The summed E-state index contributed by atoms with van der Waals surface area (Å²) >= 11 is 1.16. The first-order chi connectivity index (χ1) is 17.2. The zero-order valence-electron chi connectivity index (χ0n) is 18.3. The van der Waals surface area contributed by atoms with Crippen molar-refractivity contribution in [3.8, 4) is 22.9 Å². The number of carbonyl (C=O) groups excluding carboxylic acids is 2. The van der Waals surface area contributed by atoms with Crippen molar-refractivity contribution in [2.45, 2.75) is 11.7 Å². The van der Waals surface area contributed by atoms with Crippen LogP contribution >= 0.6 is 11.8 Å². The van der Waals surface area contributed by atoms with Crippen LogP contribution in [0.3, 0.4) is 0 Å². The quantitative estimate of drug-likeness (QED) is 0.373. The fourth-order valence-corrected chi connectivity index (χ4v) is 4.12. The highest BCUT2D eigenvalue weighted by Crippen LogP contribution is 2.32. The maximum atomic E-state index is 12.4. The van der Waals surface area contributed by atoms with Gasteiger partial charge in [0.2, 0.25) is 5.91 Å². The van der Waals surface area contributed by atoms with Gasteiger partial charge in [-0.1, -0.05) is 11.8 Å². The predicted molar refractivity (Wildman–Crippen MR) is 126 cm³/mol.